The number of carbonyl (C=O) groups excluding carboxylic acids is 1. The Morgan fingerprint density at radius 1 is 1.89 bits per heavy atom. The standard InChI is InChI=1S/C6H11NO2/c1-6(2-3-8)4-5(9)7-6/h8H,2-4H2,1H3,(H,7,9)/t6-/m1/s1. The van der Waals surface area contributed by atoms with Crippen molar-refractivity contribution in [2.45, 2.75) is 25.3 Å². The molecular weight excluding hydrogens is 118 g/mol. The van der Waals surface area contributed by atoms with Crippen molar-refractivity contribution in [1.29, 1.82) is 0 Å². The van der Waals surface area contributed by atoms with Gasteiger partial charge in [-0.25, -0.2) is 0 Å². The molecule has 1 atom stereocenters. The number of rotatable bonds is 2. The van der Waals surface area contributed by atoms with E-state index in [0.717, 1.165) is 0 Å². The van der Waals surface area contributed by atoms with Gasteiger partial charge in [-0.15, -0.1) is 0 Å². The lowest BCUT2D eigenvalue weighted by atomic mass is 9.86. The van der Waals surface area contributed by atoms with Gasteiger partial charge >= 0.3 is 0 Å². The van der Waals surface area contributed by atoms with Crippen molar-refractivity contribution in [2.24, 2.45) is 0 Å². The van der Waals surface area contributed by atoms with Crippen molar-refractivity contribution in [3.05, 3.63) is 0 Å². The highest BCUT2D eigenvalue weighted by atomic mass is 16.3. The van der Waals surface area contributed by atoms with Gasteiger partial charge in [-0.3, -0.25) is 4.79 Å². The summed E-state index contributed by atoms with van der Waals surface area (Å²) >= 11 is 0. The predicted molar refractivity (Wildman–Crippen MR) is 32.9 cm³/mol. The van der Waals surface area contributed by atoms with Crippen molar-refractivity contribution in [3.8, 4) is 0 Å². The van der Waals surface area contributed by atoms with E-state index >= 15 is 0 Å². The van der Waals surface area contributed by atoms with E-state index in [1.807, 2.05) is 6.92 Å². The van der Waals surface area contributed by atoms with E-state index in [4.69, 9.17) is 5.11 Å². The second-order valence-corrected chi connectivity index (χ2v) is 2.76. The monoisotopic (exact) mass is 129 g/mol. The van der Waals surface area contributed by atoms with Gasteiger partial charge in [-0.05, 0) is 13.3 Å². The van der Waals surface area contributed by atoms with Gasteiger partial charge in [0, 0.05) is 18.6 Å². The number of aliphatic hydroxyl groups excluding tert-OH is 1. The van der Waals surface area contributed by atoms with Crippen LogP contribution in [-0.4, -0.2) is 23.2 Å². The third kappa shape index (κ3) is 1.21. The molecule has 0 aromatic carbocycles. The highest BCUT2D eigenvalue weighted by Gasteiger charge is 2.37. The van der Waals surface area contributed by atoms with Gasteiger partial charge in [-0.1, -0.05) is 0 Å². The molecule has 0 aromatic rings. The first-order valence-electron chi connectivity index (χ1n) is 3.08. The molecule has 0 bridgehead atoms. The van der Waals surface area contributed by atoms with E-state index in [1.54, 1.807) is 0 Å². The van der Waals surface area contributed by atoms with Crippen LogP contribution in [-0.2, 0) is 4.79 Å². The second-order valence-electron chi connectivity index (χ2n) is 2.76. The molecule has 3 nitrogen and oxygen atoms in total. The van der Waals surface area contributed by atoms with Gasteiger partial charge < -0.3 is 10.4 Å². The van der Waals surface area contributed by atoms with Gasteiger partial charge in [0.15, 0.2) is 0 Å². The molecule has 0 saturated carbocycles. The number of β-lactam (4-membered cyclic amide) rings is 1. The normalized spacial score (nSPS) is 33.3. The van der Waals surface area contributed by atoms with Crippen LogP contribution in [0.1, 0.15) is 19.8 Å². The Balaban J connectivity index is 2.31. The molecule has 0 radical (unpaired) electrons. The maximum absolute atomic E-state index is 10.4. The number of carbonyl (C=O) groups is 1. The van der Waals surface area contributed by atoms with E-state index in [0.29, 0.717) is 12.8 Å². The Morgan fingerprint density at radius 2 is 2.44 bits per heavy atom. The Morgan fingerprint density at radius 3 is 2.78 bits per heavy atom. The molecule has 3 heteroatoms. The number of nitrogens with one attached hydrogen (secondary N) is 1. The van der Waals surface area contributed by atoms with Crippen molar-refractivity contribution in [1.82, 2.24) is 5.32 Å². The molecular formula is C6H11NO2. The zero-order chi connectivity index (χ0) is 6.91. The SMILES string of the molecule is C[C@@]1(CCO)CC(=O)N1. The van der Waals surface area contributed by atoms with Crippen LogP contribution < -0.4 is 5.32 Å². The summed E-state index contributed by atoms with van der Waals surface area (Å²) in [6, 6.07) is 0. The van der Waals surface area contributed by atoms with E-state index < -0.39 is 0 Å². The summed E-state index contributed by atoms with van der Waals surface area (Å²) in [6.07, 6.45) is 1.23. The summed E-state index contributed by atoms with van der Waals surface area (Å²) in [5, 5.41) is 11.2. The van der Waals surface area contributed by atoms with Crippen molar-refractivity contribution < 1.29 is 9.90 Å². The summed E-state index contributed by atoms with van der Waals surface area (Å²) in [4.78, 5) is 10.4. The predicted octanol–water partition coefficient (Wildman–Crippen LogP) is -0.353. The first-order chi connectivity index (χ1) is 4.16. The highest BCUT2D eigenvalue weighted by Crippen LogP contribution is 2.22. The van der Waals surface area contributed by atoms with Crippen molar-refractivity contribution in [2.75, 3.05) is 6.61 Å². The number of hydrogen-bond acceptors (Lipinski definition) is 2. The maximum Gasteiger partial charge on any atom is 0.222 e. The maximum atomic E-state index is 10.4. The van der Waals surface area contributed by atoms with Gasteiger partial charge in [0.25, 0.3) is 0 Å². The average Bonchev–Trinajstić information content (AvgIpc) is 1.62. The summed E-state index contributed by atoms with van der Waals surface area (Å²) in [7, 11) is 0. The lowest BCUT2D eigenvalue weighted by Crippen LogP contribution is -2.59. The number of amides is 1. The molecule has 2 N–H and O–H groups in total. The lowest BCUT2D eigenvalue weighted by molar-refractivity contribution is -0.132. The Bertz CT molecular complexity index is 125. The van der Waals surface area contributed by atoms with Crippen molar-refractivity contribution >= 4 is 5.91 Å². The fourth-order valence-electron chi connectivity index (χ4n) is 1.07. The first-order valence-corrected chi connectivity index (χ1v) is 3.08. The molecule has 0 aliphatic carbocycles. The summed E-state index contributed by atoms with van der Waals surface area (Å²) in [6.45, 7) is 2.08. The molecule has 0 aromatic heterocycles. The third-order valence-electron chi connectivity index (χ3n) is 1.66. The highest BCUT2D eigenvalue weighted by molar-refractivity contribution is 5.84. The van der Waals surface area contributed by atoms with E-state index in [-0.39, 0.29) is 18.1 Å². The van der Waals surface area contributed by atoms with E-state index in [9.17, 15) is 4.79 Å². The van der Waals surface area contributed by atoms with Crippen molar-refractivity contribution in [3.63, 3.8) is 0 Å². The van der Waals surface area contributed by atoms with Gasteiger partial charge in [-0.2, -0.15) is 0 Å². The second kappa shape index (κ2) is 1.99. The molecule has 1 amide bonds. The van der Waals surface area contributed by atoms with Crippen LogP contribution in [0.4, 0.5) is 0 Å². The molecule has 1 fully saturated rings. The molecule has 1 heterocycles. The van der Waals surface area contributed by atoms with Gasteiger partial charge in [0.05, 0.1) is 0 Å². The lowest BCUT2D eigenvalue weighted by Gasteiger charge is -2.38. The zero-order valence-electron chi connectivity index (χ0n) is 5.48. The van der Waals surface area contributed by atoms with Crippen LogP contribution in [0.5, 0.6) is 0 Å². The Hall–Kier alpha value is -0.570. The molecule has 1 rings (SSSR count). The Kier molecular flexibility index (Phi) is 1.45. The van der Waals surface area contributed by atoms with Crippen LogP contribution >= 0.6 is 0 Å². The average molecular weight is 129 g/mol. The van der Waals surface area contributed by atoms with Crippen LogP contribution in [0.15, 0.2) is 0 Å². The largest absolute Gasteiger partial charge is 0.396 e. The molecule has 0 unspecified atom stereocenters. The zero-order valence-corrected chi connectivity index (χ0v) is 5.48. The quantitative estimate of drug-likeness (QED) is 0.500. The van der Waals surface area contributed by atoms with Crippen LogP contribution in [0.2, 0.25) is 0 Å². The van der Waals surface area contributed by atoms with Gasteiger partial charge in [0.1, 0.15) is 0 Å². The fraction of sp³-hybridized carbons (Fsp3) is 0.833. The molecule has 1 saturated heterocycles. The minimum atomic E-state index is -0.105. The molecule has 9 heavy (non-hydrogen) atoms. The van der Waals surface area contributed by atoms with E-state index in [2.05, 4.69) is 5.32 Å². The summed E-state index contributed by atoms with van der Waals surface area (Å²) in [5.74, 6) is 0.0888. The molecule has 52 valence electrons. The summed E-state index contributed by atoms with van der Waals surface area (Å²) in [5.41, 5.74) is -0.105. The topological polar surface area (TPSA) is 49.3 Å². The Labute approximate surface area is 54.1 Å². The minimum absolute atomic E-state index is 0.0888. The third-order valence-corrected chi connectivity index (χ3v) is 1.66. The number of hydrogen-bond donors (Lipinski definition) is 2. The number of aliphatic hydroxyl groups is 1. The molecule has 1 aliphatic rings. The van der Waals surface area contributed by atoms with E-state index in [1.165, 1.54) is 0 Å². The fourth-order valence-corrected chi connectivity index (χ4v) is 1.07. The first kappa shape index (κ1) is 6.55. The van der Waals surface area contributed by atoms with Crippen LogP contribution in [0, 0.1) is 0 Å². The van der Waals surface area contributed by atoms with Gasteiger partial charge in [0.2, 0.25) is 5.91 Å². The summed E-state index contributed by atoms with van der Waals surface area (Å²) < 4.78 is 0. The molecule has 0 spiro atoms. The minimum Gasteiger partial charge on any atom is -0.396 e. The smallest absolute Gasteiger partial charge is 0.222 e. The molecule has 1 aliphatic heterocycles. The van der Waals surface area contributed by atoms with Crippen LogP contribution in [0.25, 0.3) is 0 Å². The van der Waals surface area contributed by atoms with Crippen LogP contribution in [0.3, 0.4) is 0 Å².